The maximum absolute atomic E-state index is 12.0. The first kappa shape index (κ1) is 27.1. The number of aliphatic hydroxyl groups excluding tert-OH is 2. The number of nitrogens with one attached hydrogen (secondary N) is 1. The number of amides is 1. The van der Waals surface area contributed by atoms with Crippen molar-refractivity contribution in [1.82, 2.24) is 5.32 Å². The van der Waals surface area contributed by atoms with Crippen molar-refractivity contribution >= 4 is 5.91 Å². The van der Waals surface area contributed by atoms with Gasteiger partial charge in [-0.3, -0.25) is 4.79 Å². The monoisotopic (exact) mass is 397 g/mol. The molecule has 0 aromatic heterocycles. The number of hydrogen-bond donors (Lipinski definition) is 3. The lowest BCUT2D eigenvalue weighted by Crippen LogP contribution is -2.45. The van der Waals surface area contributed by atoms with Gasteiger partial charge in [-0.1, -0.05) is 83.8 Å². The zero-order valence-corrected chi connectivity index (χ0v) is 18.6. The highest BCUT2D eigenvalue weighted by Gasteiger charge is 2.19. The van der Waals surface area contributed by atoms with Crippen LogP contribution in [0.1, 0.15) is 117 Å². The summed E-state index contributed by atoms with van der Waals surface area (Å²) in [6.45, 7) is 4.22. The average Bonchev–Trinajstić information content (AvgIpc) is 2.69. The molecule has 0 aliphatic rings. The van der Waals surface area contributed by atoms with Crippen LogP contribution in [0.2, 0.25) is 0 Å². The molecule has 0 heterocycles. The second kappa shape index (κ2) is 20.9. The third-order valence-electron chi connectivity index (χ3n) is 5.28. The van der Waals surface area contributed by atoms with Gasteiger partial charge in [0.2, 0.25) is 5.91 Å². The Balaban J connectivity index is 3.75. The fraction of sp³-hybridized carbons (Fsp3) is 0.875. The van der Waals surface area contributed by atoms with Crippen molar-refractivity contribution in [3.8, 4) is 0 Å². The maximum atomic E-state index is 12.0. The van der Waals surface area contributed by atoms with Crippen molar-refractivity contribution in [2.45, 2.75) is 129 Å². The highest BCUT2D eigenvalue weighted by molar-refractivity contribution is 5.76. The summed E-state index contributed by atoms with van der Waals surface area (Å²) in [5.41, 5.74) is 0. The molecule has 0 fully saturated rings. The van der Waals surface area contributed by atoms with Crippen LogP contribution in [0.5, 0.6) is 0 Å². The minimum Gasteiger partial charge on any atom is -0.394 e. The number of unbranched alkanes of at least 4 members (excludes halogenated alkanes) is 11. The Kier molecular flexibility index (Phi) is 20.2. The normalized spacial score (nSPS) is 13.7. The van der Waals surface area contributed by atoms with E-state index in [1.165, 1.54) is 51.4 Å². The van der Waals surface area contributed by atoms with Crippen LogP contribution in [0.15, 0.2) is 12.2 Å². The fourth-order valence-corrected chi connectivity index (χ4v) is 3.35. The molecule has 28 heavy (non-hydrogen) atoms. The van der Waals surface area contributed by atoms with Crippen LogP contribution >= 0.6 is 0 Å². The maximum Gasteiger partial charge on any atom is 0.220 e. The van der Waals surface area contributed by atoms with Crippen LogP contribution in [0.4, 0.5) is 0 Å². The molecule has 4 nitrogen and oxygen atoms in total. The van der Waals surface area contributed by atoms with E-state index in [1.54, 1.807) is 0 Å². The van der Waals surface area contributed by atoms with Gasteiger partial charge in [-0.15, -0.1) is 0 Å². The molecule has 0 aromatic carbocycles. The summed E-state index contributed by atoms with van der Waals surface area (Å²) >= 11 is 0. The van der Waals surface area contributed by atoms with E-state index in [0.717, 1.165) is 38.5 Å². The molecule has 0 saturated heterocycles. The Morgan fingerprint density at radius 2 is 1.36 bits per heavy atom. The Morgan fingerprint density at radius 1 is 0.821 bits per heavy atom. The molecule has 0 spiro atoms. The van der Waals surface area contributed by atoms with Crippen LogP contribution in [0.25, 0.3) is 0 Å². The number of hydrogen-bond acceptors (Lipinski definition) is 3. The van der Waals surface area contributed by atoms with E-state index >= 15 is 0 Å². The Morgan fingerprint density at radius 3 is 1.96 bits per heavy atom. The predicted molar refractivity (Wildman–Crippen MR) is 119 cm³/mol. The summed E-state index contributed by atoms with van der Waals surface area (Å²) in [5.74, 6) is -0.0540. The van der Waals surface area contributed by atoms with Crippen LogP contribution in [0, 0.1) is 0 Å². The molecule has 0 saturated carbocycles. The van der Waals surface area contributed by atoms with Gasteiger partial charge in [0.05, 0.1) is 18.8 Å². The minimum absolute atomic E-state index is 0.0540. The lowest BCUT2D eigenvalue weighted by Gasteiger charge is -2.22. The molecule has 0 aliphatic carbocycles. The van der Waals surface area contributed by atoms with Crippen LogP contribution in [-0.2, 0) is 4.79 Å². The molecule has 0 radical (unpaired) electrons. The van der Waals surface area contributed by atoms with Gasteiger partial charge >= 0.3 is 0 Å². The largest absolute Gasteiger partial charge is 0.394 e. The Hall–Kier alpha value is -0.870. The van der Waals surface area contributed by atoms with Crippen LogP contribution in [0.3, 0.4) is 0 Å². The quantitative estimate of drug-likeness (QED) is 0.183. The molecule has 0 aliphatic heterocycles. The lowest BCUT2D eigenvalue weighted by molar-refractivity contribution is -0.123. The zero-order chi connectivity index (χ0) is 20.9. The molecule has 0 unspecified atom stereocenters. The van der Waals surface area contributed by atoms with Crippen molar-refractivity contribution in [1.29, 1.82) is 0 Å². The smallest absolute Gasteiger partial charge is 0.220 e. The molecule has 166 valence electrons. The van der Waals surface area contributed by atoms with Gasteiger partial charge in [-0.05, 0) is 38.5 Å². The summed E-state index contributed by atoms with van der Waals surface area (Å²) in [6, 6.07) is -0.540. The van der Waals surface area contributed by atoms with Gasteiger partial charge < -0.3 is 15.5 Å². The third-order valence-corrected chi connectivity index (χ3v) is 5.28. The molecular formula is C24H47NO3. The van der Waals surface area contributed by atoms with Crippen LogP contribution in [-0.4, -0.2) is 34.9 Å². The number of aliphatic hydroxyl groups is 2. The summed E-state index contributed by atoms with van der Waals surface area (Å²) in [4.78, 5) is 12.0. The first-order chi connectivity index (χ1) is 13.7. The predicted octanol–water partition coefficient (Wildman–Crippen LogP) is 5.66. The van der Waals surface area contributed by atoms with Gasteiger partial charge in [-0.2, -0.15) is 0 Å². The topological polar surface area (TPSA) is 69.6 Å². The van der Waals surface area contributed by atoms with E-state index in [-0.39, 0.29) is 12.5 Å². The lowest BCUT2D eigenvalue weighted by atomic mass is 10.0. The number of carbonyl (C=O) groups is 1. The van der Waals surface area contributed by atoms with Crippen molar-refractivity contribution in [3.05, 3.63) is 12.2 Å². The Bertz CT molecular complexity index is 371. The van der Waals surface area contributed by atoms with Gasteiger partial charge in [0.25, 0.3) is 0 Å². The molecule has 0 rings (SSSR count). The van der Waals surface area contributed by atoms with Gasteiger partial charge in [-0.25, -0.2) is 0 Å². The van der Waals surface area contributed by atoms with Crippen molar-refractivity contribution in [2.75, 3.05) is 6.61 Å². The van der Waals surface area contributed by atoms with Crippen molar-refractivity contribution < 1.29 is 15.0 Å². The number of rotatable bonds is 20. The highest BCUT2D eigenvalue weighted by Crippen LogP contribution is 2.10. The summed E-state index contributed by atoms with van der Waals surface area (Å²) < 4.78 is 0. The SMILES string of the molecule is CCCCC/C=C/CCCC[C@@H](O)[C@H](CO)NC(=O)CCCCCCCCC. The molecule has 0 aromatic rings. The minimum atomic E-state index is -0.670. The highest BCUT2D eigenvalue weighted by atomic mass is 16.3. The Labute approximate surface area is 174 Å². The van der Waals surface area contributed by atoms with E-state index in [2.05, 4.69) is 31.3 Å². The van der Waals surface area contributed by atoms with E-state index in [1.807, 2.05) is 0 Å². The standard InChI is InChI=1S/C24H47NO3/c1-3-5-7-9-11-12-14-15-17-19-23(27)22(21-26)25-24(28)20-18-16-13-10-8-6-4-2/h11-12,22-23,26-27H,3-10,13-21H2,1-2H3,(H,25,28)/b12-11+/t22-,23+/m0/s1. The second-order valence-corrected chi connectivity index (χ2v) is 8.05. The molecule has 3 N–H and O–H groups in total. The van der Waals surface area contributed by atoms with E-state index in [0.29, 0.717) is 12.8 Å². The molecular weight excluding hydrogens is 350 g/mol. The van der Waals surface area contributed by atoms with E-state index in [4.69, 9.17) is 0 Å². The molecule has 0 bridgehead atoms. The van der Waals surface area contributed by atoms with Crippen molar-refractivity contribution in [3.63, 3.8) is 0 Å². The number of allylic oxidation sites excluding steroid dienone is 2. The van der Waals surface area contributed by atoms with Crippen LogP contribution < -0.4 is 5.32 Å². The molecule has 4 heteroatoms. The molecule has 1 amide bonds. The first-order valence-electron chi connectivity index (χ1n) is 11.9. The summed E-state index contributed by atoms with van der Waals surface area (Å²) in [5, 5.41) is 22.6. The van der Waals surface area contributed by atoms with E-state index < -0.39 is 12.1 Å². The third kappa shape index (κ3) is 17.2. The zero-order valence-electron chi connectivity index (χ0n) is 18.6. The average molecular weight is 398 g/mol. The second-order valence-electron chi connectivity index (χ2n) is 8.05. The van der Waals surface area contributed by atoms with Gasteiger partial charge in [0, 0.05) is 6.42 Å². The van der Waals surface area contributed by atoms with E-state index in [9.17, 15) is 15.0 Å². The van der Waals surface area contributed by atoms with Gasteiger partial charge in [0.15, 0.2) is 0 Å². The first-order valence-corrected chi connectivity index (χ1v) is 11.9. The van der Waals surface area contributed by atoms with Crippen molar-refractivity contribution in [2.24, 2.45) is 0 Å². The van der Waals surface area contributed by atoms with Gasteiger partial charge in [0.1, 0.15) is 0 Å². The fourth-order valence-electron chi connectivity index (χ4n) is 3.35. The summed E-state index contributed by atoms with van der Waals surface area (Å²) in [7, 11) is 0. The summed E-state index contributed by atoms with van der Waals surface area (Å²) in [6.07, 6.45) is 21.1. The number of carbonyl (C=O) groups excluding carboxylic acids is 1. The molecule has 2 atom stereocenters.